The minimum atomic E-state index is -0.724. The maximum Gasteiger partial charge on any atom is 0.303 e. The monoisotopic (exact) mass is 546 g/mol. The maximum atomic E-state index is 10.2. The molecule has 3 N–H and O–H groups in total. The molecular formula is C34H58O5. The molecule has 0 bridgehead atoms. The second-order valence-electron chi connectivity index (χ2n) is 10.7. The molecule has 0 aliphatic heterocycles. The second-order valence-corrected chi connectivity index (χ2v) is 10.7. The third kappa shape index (κ3) is 42.7. The Hall–Kier alpha value is -2.66. The van der Waals surface area contributed by atoms with E-state index in [4.69, 9.17) is 15.3 Å². The van der Waals surface area contributed by atoms with E-state index in [1.54, 1.807) is 0 Å². The van der Waals surface area contributed by atoms with Crippen LogP contribution in [0.15, 0.2) is 69.9 Å². The molecule has 0 saturated heterocycles. The van der Waals surface area contributed by atoms with Gasteiger partial charge in [0.25, 0.3) is 0 Å². The Morgan fingerprint density at radius 3 is 0.923 bits per heavy atom. The Labute approximate surface area is 239 Å². The van der Waals surface area contributed by atoms with E-state index in [9.17, 15) is 9.59 Å². The van der Waals surface area contributed by atoms with Gasteiger partial charge in [-0.2, -0.15) is 0 Å². The topological polar surface area (TPSA) is 94.8 Å². The van der Waals surface area contributed by atoms with Crippen molar-refractivity contribution < 1.29 is 24.9 Å². The van der Waals surface area contributed by atoms with Gasteiger partial charge in [-0.05, 0) is 114 Å². The fourth-order valence-corrected chi connectivity index (χ4v) is 3.11. The highest BCUT2D eigenvalue weighted by atomic mass is 16.4. The van der Waals surface area contributed by atoms with E-state index in [1.165, 1.54) is 33.4 Å². The number of hydrogen-bond donors (Lipinski definition) is 3. The number of hydrogen-bond acceptors (Lipinski definition) is 3. The van der Waals surface area contributed by atoms with Crippen molar-refractivity contribution >= 4 is 11.9 Å². The summed E-state index contributed by atoms with van der Waals surface area (Å²) in [6, 6.07) is 0. The summed E-state index contributed by atoms with van der Waals surface area (Å²) in [5, 5.41) is 25.4. The van der Waals surface area contributed by atoms with E-state index < -0.39 is 11.9 Å². The number of allylic oxidation sites excluding steroid dienone is 11. The SMILES string of the molecule is CC(C)=CCC/C(C)=C/CCC(=O)O.CC(C)=CCC/C(C)=C/CCC(=O)O.CC(C)=CCC/C(C)=C/CO. The average molecular weight is 547 g/mol. The van der Waals surface area contributed by atoms with Crippen molar-refractivity contribution in [2.45, 2.75) is 127 Å². The first kappa shape index (κ1) is 40.8. The molecule has 0 fully saturated rings. The molecule has 0 aromatic heterocycles. The normalized spacial score (nSPS) is 11.3. The molecule has 0 saturated carbocycles. The van der Waals surface area contributed by atoms with E-state index in [0.717, 1.165) is 38.5 Å². The Balaban J connectivity index is -0.000000503. The molecule has 0 aromatic rings. The zero-order valence-corrected chi connectivity index (χ0v) is 26.4. The fourth-order valence-electron chi connectivity index (χ4n) is 3.11. The highest BCUT2D eigenvalue weighted by Gasteiger charge is 1.95. The molecule has 0 rings (SSSR count). The third-order valence-corrected chi connectivity index (χ3v) is 5.42. The maximum absolute atomic E-state index is 10.2. The fraction of sp³-hybridized carbons (Fsp3) is 0.588. The number of carbonyl (C=O) groups is 2. The Kier molecular flexibility index (Phi) is 29.7. The van der Waals surface area contributed by atoms with Crippen LogP contribution in [0.3, 0.4) is 0 Å². The first-order valence-electron chi connectivity index (χ1n) is 14.1. The summed E-state index contributed by atoms with van der Waals surface area (Å²) in [5.41, 5.74) is 7.87. The first-order chi connectivity index (χ1) is 18.2. The zero-order valence-electron chi connectivity index (χ0n) is 26.4. The second kappa shape index (κ2) is 28.4. The lowest BCUT2D eigenvalue weighted by Gasteiger charge is -1.98. The summed E-state index contributed by atoms with van der Waals surface area (Å²) in [7, 11) is 0. The molecule has 39 heavy (non-hydrogen) atoms. The van der Waals surface area contributed by atoms with Crippen molar-refractivity contribution in [2.75, 3.05) is 6.61 Å². The van der Waals surface area contributed by atoms with Gasteiger partial charge < -0.3 is 15.3 Å². The Morgan fingerprint density at radius 1 is 0.436 bits per heavy atom. The third-order valence-electron chi connectivity index (χ3n) is 5.42. The molecule has 5 heteroatoms. The molecule has 0 heterocycles. The molecular weight excluding hydrogens is 488 g/mol. The molecule has 0 aliphatic rings. The first-order valence-corrected chi connectivity index (χ1v) is 14.1. The number of carboxylic acid groups (broad SMARTS) is 2. The molecule has 0 aromatic carbocycles. The predicted octanol–water partition coefficient (Wildman–Crippen LogP) is 9.76. The van der Waals surface area contributed by atoms with Crippen LogP contribution in [0.1, 0.15) is 127 Å². The van der Waals surface area contributed by atoms with Gasteiger partial charge in [-0.1, -0.05) is 69.9 Å². The van der Waals surface area contributed by atoms with Gasteiger partial charge in [0.15, 0.2) is 0 Å². The molecule has 0 spiro atoms. The summed E-state index contributed by atoms with van der Waals surface area (Å²) in [4.78, 5) is 20.5. The summed E-state index contributed by atoms with van der Waals surface area (Å²) in [5.74, 6) is -1.45. The molecule has 0 unspecified atom stereocenters. The number of carboxylic acids is 2. The van der Waals surface area contributed by atoms with Crippen molar-refractivity contribution in [2.24, 2.45) is 0 Å². The molecule has 0 aliphatic carbocycles. The van der Waals surface area contributed by atoms with Crippen molar-refractivity contribution in [3.63, 3.8) is 0 Å². The lowest BCUT2D eigenvalue weighted by atomic mass is 10.1. The number of aliphatic hydroxyl groups is 1. The Morgan fingerprint density at radius 2 is 0.692 bits per heavy atom. The van der Waals surface area contributed by atoms with E-state index in [0.29, 0.717) is 12.8 Å². The Bertz CT molecular complexity index is 787. The standard InChI is InChI=1S/2C12H20O2.C10H18O/c2*1-10(2)6-4-7-11(3)8-5-9-12(13)14;1-9(2)5-4-6-10(3)7-8-11/h2*6,8H,4-5,7,9H2,1-3H3,(H,13,14);5,7,11H,4,6,8H2,1-3H3/b2*11-8+;10-7+. The van der Waals surface area contributed by atoms with Gasteiger partial charge in [0.1, 0.15) is 0 Å². The summed E-state index contributed by atoms with van der Waals surface area (Å²) >= 11 is 0. The lowest BCUT2D eigenvalue weighted by Crippen LogP contribution is -1.92. The average Bonchev–Trinajstić information content (AvgIpc) is 2.79. The predicted molar refractivity (Wildman–Crippen MR) is 168 cm³/mol. The zero-order chi connectivity index (χ0) is 30.6. The minimum absolute atomic E-state index is 0.167. The van der Waals surface area contributed by atoms with E-state index in [-0.39, 0.29) is 19.4 Å². The van der Waals surface area contributed by atoms with Crippen molar-refractivity contribution in [3.8, 4) is 0 Å². The largest absolute Gasteiger partial charge is 0.481 e. The van der Waals surface area contributed by atoms with Crippen molar-refractivity contribution in [1.82, 2.24) is 0 Å². The van der Waals surface area contributed by atoms with E-state index in [2.05, 4.69) is 80.5 Å². The molecule has 5 nitrogen and oxygen atoms in total. The smallest absolute Gasteiger partial charge is 0.303 e. The van der Waals surface area contributed by atoms with Crippen molar-refractivity contribution in [1.29, 1.82) is 0 Å². The quantitative estimate of drug-likeness (QED) is 0.167. The number of aliphatic carboxylic acids is 2. The molecule has 0 amide bonds. The van der Waals surface area contributed by atoms with Crippen LogP contribution < -0.4 is 0 Å². The van der Waals surface area contributed by atoms with Crippen LogP contribution in [0, 0.1) is 0 Å². The summed E-state index contributed by atoms with van der Waals surface area (Å²) in [6.45, 7) is 18.9. The van der Waals surface area contributed by atoms with Gasteiger partial charge in [-0.25, -0.2) is 0 Å². The molecule has 0 atom stereocenters. The van der Waals surface area contributed by atoms with Gasteiger partial charge >= 0.3 is 11.9 Å². The van der Waals surface area contributed by atoms with Gasteiger partial charge in [0.2, 0.25) is 0 Å². The van der Waals surface area contributed by atoms with Crippen LogP contribution in [0.4, 0.5) is 0 Å². The van der Waals surface area contributed by atoms with Gasteiger partial charge in [-0.3, -0.25) is 9.59 Å². The van der Waals surface area contributed by atoms with Crippen LogP contribution in [-0.2, 0) is 9.59 Å². The lowest BCUT2D eigenvalue weighted by molar-refractivity contribution is -0.137. The molecule has 0 radical (unpaired) electrons. The summed E-state index contributed by atoms with van der Waals surface area (Å²) in [6.07, 6.45) is 20.6. The van der Waals surface area contributed by atoms with E-state index >= 15 is 0 Å². The molecule has 224 valence electrons. The van der Waals surface area contributed by atoms with Gasteiger partial charge in [0, 0.05) is 12.8 Å². The minimum Gasteiger partial charge on any atom is -0.481 e. The number of aliphatic hydroxyl groups excluding tert-OH is 1. The van der Waals surface area contributed by atoms with Crippen LogP contribution in [0.5, 0.6) is 0 Å². The van der Waals surface area contributed by atoms with Crippen LogP contribution in [0.2, 0.25) is 0 Å². The highest BCUT2D eigenvalue weighted by Crippen LogP contribution is 2.09. The van der Waals surface area contributed by atoms with Gasteiger partial charge in [0.05, 0.1) is 6.61 Å². The number of rotatable bonds is 16. The summed E-state index contributed by atoms with van der Waals surface area (Å²) < 4.78 is 0. The van der Waals surface area contributed by atoms with Crippen LogP contribution in [0.25, 0.3) is 0 Å². The van der Waals surface area contributed by atoms with Crippen LogP contribution >= 0.6 is 0 Å². The van der Waals surface area contributed by atoms with Gasteiger partial charge in [-0.15, -0.1) is 0 Å². The highest BCUT2D eigenvalue weighted by molar-refractivity contribution is 5.67. The van der Waals surface area contributed by atoms with Crippen LogP contribution in [-0.4, -0.2) is 33.9 Å². The van der Waals surface area contributed by atoms with E-state index in [1.807, 2.05) is 18.2 Å². The van der Waals surface area contributed by atoms with Crippen molar-refractivity contribution in [3.05, 3.63) is 69.9 Å².